The first-order chi connectivity index (χ1) is 3.85. The molecule has 0 radical (unpaired) electrons. The van der Waals surface area contributed by atoms with E-state index in [1.54, 1.807) is 7.11 Å². The fourth-order valence-electron chi connectivity index (χ4n) is 0.622. The number of likely N-dealkylation sites (N-methyl/N-ethyl adjacent to an activating group) is 1. The fourth-order valence-corrected chi connectivity index (χ4v) is 0.622. The molecule has 0 aliphatic carbocycles. The number of methoxy groups -OCH3 is 1. The normalized spacial score (nSPS) is 12.3. The van der Waals surface area contributed by atoms with Gasteiger partial charge in [-0.2, -0.15) is 0 Å². The maximum absolute atomic E-state index is 5.08. The Hall–Kier alpha value is 0.210. The fraction of sp³-hybridized carbons (Fsp3) is 1.00. The summed E-state index contributed by atoms with van der Waals surface area (Å²) < 4.78 is 5.08. The predicted molar refractivity (Wildman–Crippen MR) is 42.3 cm³/mol. The summed E-state index contributed by atoms with van der Waals surface area (Å²) in [6, 6.07) is 0. The Bertz CT molecular complexity index is 48.3. The Morgan fingerprint density at radius 3 is 2.22 bits per heavy atom. The number of hydrogen-bond donors (Lipinski definition) is 1. The molecule has 0 rings (SSSR count). The van der Waals surface area contributed by atoms with Gasteiger partial charge in [-0.25, -0.2) is 0 Å². The first-order valence-electron chi connectivity index (χ1n) is 3.02. The third-order valence-corrected chi connectivity index (χ3v) is 1.22. The van der Waals surface area contributed by atoms with Gasteiger partial charge in [-0.1, -0.05) is 6.92 Å². The van der Waals surface area contributed by atoms with Crippen molar-refractivity contribution in [2.24, 2.45) is 0 Å². The van der Waals surface area contributed by atoms with Crippen molar-refractivity contribution in [3.63, 3.8) is 0 Å². The monoisotopic (exact) mass is 153 g/mol. The van der Waals surface area contributed by atoms with Gasteiger partial charge in [0.05, 0.1) is 6.10 Å². The molecule has 1 N–H and O–H groups in total. The summed E-state index contributed by atoms with van der Waals surface area (Å²) in [5, 5.41) is 3.04. The van der Waals surface area contributed by atoms with Gasteiger partial charge in [-0.3, -0.25) is 0 Å². The van der Waals surface area contributed by atoms with Crippen molar-refractivity contribution >= 4 is 12.4 Å². The SMILES string of the molecule is CCC(CNC)OC.Cl. The lowest BCUT2D eigenvalue weighted by Gasteiger charge is -2.10. The van der Waals surface area contributed by atoms with Crippen LogP contribution in [-0.2, 0) is 4.74 Å². The first kappa shape index (κ1) is 11.9. The van der Waals surface area contributed by atoms with E-state index in [-0.39, 0.29) is 12.4 Å². The maximum Gasteiger partial charge on any atom is 0.0692 e. The zero-order valence-electron chi connectivity index (χ0n) is 6.31. The molecule has 0 bridgehead atoms. The number of rotatable bonds is 4. The second kappa shape index (κ2) is 8.21. The molecule has 0 aromatic carbocycles. The molecule has 0 heterocycles. The summed E-state index contributed by atoms with van der Waals surface area (Å²) in [5.74, 6) is 0. The Morgan fingerprint density at radius 1 is 1.56 bits per heavy atom. The van der Waals surface area contributed by atoms with Gasteiger partial charge in [0.2, 0.25) is 0 Å². The highest BCUT2D eigenvalue weighted by Crippen LogP contribution is 1.91. The topological polar surface area (TPSA) is 21.3 Å². The van der Waals surface area contributed by atoms with Crippen molar-refractivity contribution in [1.29, 1.82) is 0 Å². The molecule has 58 valence electrons. The molecule has 0 aliphatic heterocycles. The number of ether oxygens (including phenoxy) is 1. The van der Waals surface area contributed by atoms with Crippen LogP contribution in [0.4, 0.5) is 0 Å². The van der Waals surface area contributed by atoms with Crippen LogP contribution in [0.25, 0.3) is 0 Å². The molecule has 3 heteroatoms. The number of hydrogen-bond acceptors (Lipinski definition) is 2. The third-order valence-electron chi connectivity index (χ3n) is 1.22. The van der Waals surface area contributed by atoms with Crippen molar-refractivity contribution in [1.82, 2.24) is 5.32 Å². The van der Waals surface area contributed by atoms with E-state index in [1.807, 2.05) is 7.05 Å². The van der Waals surface area contributed by atoms with Crippen LogP contribution in [0.15, 0.2) is 0 Å². The molecule has 0 aromatic heterocycles. The van der Waals surface area contributed by atoms with E-state index in [0.29, 0.717) is 6.10 Å². The summed E-state index contributed by atoms with van der Waals surface area (Å²) in [6.45, 7) is 3.07. The smallest absolute Gasteiger partial charge is 0.0692 e. The van der Waals surface area contributed by atoms with Gasteiger partial charge >= 0.3 is 0 Å². The van der Waals surface area contributed by atoms with Crippen LogP contribution in [-0.4, -0.2) is 26.8 Å². The minimum Gasteiger partial charge on any atom is -0.380 e. The molecule has 0 aliphatic rings. The van der Waals surface area contributed by atoms with Crippen LogP contribution in [0, 0.1) is 0 Å². The van der Waals surface area contributed by atoms with E-state index < -0.39 is 0 Å². The molecule has 1 atom stereocenters. The Labute approximate surface area is 63.4 Å². The highest BCUT2D eigenvalue weighted by Gasteiger charge is 1.98. The Balaban J connectivity index is 0. The average molecular weight is 154 g/mol. The van der Waals surface area contributed by atoms with E-state index in [4.69, 9.17) is 4.74 Å². The van der Waals surface area contributed by atoms with Crippen LogP contribution in [0.3, 0.4) is 0 Å². The predicted octanol–water partition coefficient (Wildman–Crippen LogP) is 1.05. The molecule has 2 nitrogen and oxygen atoms in total. The quantitative estimate of drug-likeness (QED) is 0.652. The zero-order chi connectivity index (χ0) is 6.41. The van der Waals surface area contributed by atoms with Crippen LogP contribution in [0.5, 0.6) is 0 Å². The van der Waals surface area contributed by atoms with Crippen molar-refractivity contribution in [2.75, 3.05) is 20.7 Å². The molecule has 0 saturated heterocycles. The molecule has 0 saturated carbocycles. The molecule has 0 spiro atoms. The summed E-state index contributed by atoms with van der Waals surface area (Å²) >= 11 is 0. The van der Waals surface area contributed by atoms with E-state index >= 15 is 0 Å². The van der Waals surface area contributed by atoms with E-state index in [0.717, 1.165) is 13.0 Å². The number of nitrogens with one attached hydrogen (secondary N) is 1. The minimum absolute atomic E-state index is 0. The van der Waals surface area contributed by atoms with Crippen LogP contribution >= 0.6 is 12.4 Å². The van der Waals surface area contributed by atoms with Gasteiger partial charge in [-0.15, -0.1) is 12.4 Å². The summed E-state index contributed by atoms with van der Waals surface area (Å²) in [5.41, 5.74) is 0. The zero-order valence-corrected chi connectivity index (χ0v) is 7.12. The lowest BCUT2D eigenvalue weighted by Crippen LogP contribution is -2.24. The molecule has 0 amide bonds. The van der Waals surface area contributed by atoms with E-state index in [9.17, 15) is 0 Å². The van der Waals surface area contributed by atoms with Crippen molar-refractivity contribution in [3.05, 3.63) is 0 Å². The van der Waals surface area contributed by atoms with E-state index in [2.05, 4.69) is 12.2 Å². The highest BCUT2D eigenvalue weighted by atomic mass is 35.5. The Morgan fingerprint density at radius 2 is 2.11 bits per heavy atom. The van der Waals surface area contributed by atoms with Gasteiger partial charge in [0.15, 0.2) is 0 Å². The lowest BCUT2D eigenvalue weighted by molar-refractivity contribution is 0.100. The summed E-state index contributed by atoms with van der Waals surface area (Å²) in [6.07, 6.45) is 1.47. The highest BCUT2D eigenvalue weighted by molar-refractivity contribution is 5.85. The first-order valence-corrected chi connectivity index (χ1v) is 3.02. The standard InChI is InChI=1S/C6H15NO.ClH/c1-4-6(8-3)5-7-2;/h6-7H,4-5H2,1-3H3;1H. The van der Waals surface area contributed by atoms with Gasteiger partial charge in [0.1, 0.15) is 0 Å². The van der Waals surface area contributed by atoms with Crippen LogP contribution < -0.4 is 5.32 Å². The number of halogens is 1. The van der Waals surface area contributed by atoms with Crippen LogP contribution in [0.1, 0.15) is 13.3 Å². The summed E-state index contributed by atoms with van der Waals surface area (Å²) in [7, 11) is 3.67. The van der Waals surface area contributed by atoms with Gasteiger partial charge in [-0.05, 0) is 13.5 Å². The van der Waals surface area contributed by atoms with E-state index in [1.165, 1.54) is 0 Å². The molecular formula is C6H16ClNO. The second-order valence-corrected chi connectivity index (χ2v) is 1.82. The molecule has 9 heavy (non-hydrogen) atoms. The summed E-state index contributed by atoms with van der Waals surface area (Å²) in [4.78, 5) is 0. The van der Waals surface area contributed by atoms with Crippen molar-refractivity contribution in [3.8, 4) is 0 Å². The molecule has 0 aromatic rings. The van der Waals surface area contributed by atoms with Gasteiger partial charge in [0, 0.05) is 13.7 Å². The molecular weight excluding hydrogens is 138 g/mol. The molecule has 1 unspecified atom stereocenters. The average Bonchev–Trinajstić information content (AvgIpc) is 1.83. The van der Waals surface area contributed by atoms with Crippen LogP contribution in [0.2, 0.25) is 0 Å². The van der Waals surface area contributed by atoms with Gasteiger partial charge in [0.25, 0.3) is 0 Å². The van der Waals surface area contributed by atoms with Crippen molar-refractivity contribution in [2.45, 2.75) is 19.4 Å². The minimum atomic E-state index is 0. The second-order valence-electron chi connectivity index (χ2n) is 1.82. The lowest BCUT2D eigenvalue weighted by atomic mass is 10.3. The Kier molecular flexibility index (Phi) is 10.9. The maximum atomic E-state index is 5.08. The largest absolute Gasteiger partial charge is 0.380 e. The molecule has 0 fully saturated rings. The third kappa shape index (κ3) is 6.09. The van der Waals surface area contributed by atoms with Gasteiger partial charge < -0.3 is 10.1 Å². The van der Waals surface area contributed by atoms with Crippen molar-refractivity contribution < 1.29 is 4.74 Å².